The molecule has 0 atom stereocenters. The van der Waals surface area contributed by atoms with Gasteiger partial charge in [0.1, 0.15) is 10.7 Å². The van der Waals surface area contributed by atoms with Gasteiger partial charge in [0.05, 0.1) is 10.7 Å². The Morgan fingerprint density at radius 1 is 1.10 bits per heavy atom. The van der Waals surface area contributed by atoms with Gasteiger partial charge >= 0.3 is 0 Å². The van der Waals surface area contributed by atoms with E-state index in [2.05, 4.69) is 20.4 Å². The lowest BCUT2D eigenvalue weighted by molar-refractivity contribution is 0.101. The lowest BCUT2D eigenvalue weighted by atomic mass is 10.1. The average molecular weight is 467 g/mol. The average Bonchev–Trinajstić information content (AvgIpc) is 3.15. The zero-order valence-electron chi connectivity index (χ0n) is 15.8. The zero-order valence-corrected chi connectivity index (χ0v) is 18.1. The highest BCUT2D eigenvalue weighted by atomic mass is 35.5. The molecule has 0 radical (unpaired) electrons. The van der Waals surface area contributed by atoms with E-state index in [-0.39, 0.29) is 20.6 Å². The first-order valence-corrected chi connectivity index (χ1v) is 10.8. The maximum absolute atomic E-state index is 12.4. The molecule has 0 fully saturated rings. The van der Waals surface area contributed by atoms with Gasteiger partial charge in [-0.15, -0.1) is 0 Å². The number of halogens is 2. The van der Waals surface area contributed by atoms with Crippen molar-refractivity contribution in [3.63, 3.8) is 0 Å². The summed E-state index contributed by atoms with van der Waals surface area (Å²) in [5.74, 6) is 0.125. The number of nitrogens with one attached hydrogen (secondary N) is 2. The number of carbonyl (C=O) groups is 1. The van der Waals surface area contributed by atoms with Crippen LogP contribution in [0.3, 0.4) is 0 Å². The maximum Gasteiger partial charge on any atom is 0.278 e. The van der Waals surface area contributed by atoms with Gasteiger partial charge < -0.3 is 9.84 Å². The molecule has 0 spiro atoms. The lowest BCUT2D eigenvalue weighted by Crippen LogP contribution is -2.20. The van der Waals surface area contributed by atoms with Gasteiger partial charge in [0.15, 0.2) is 5.69 Å². The third kappa shape index (κ3) is 5.18. The second-order valence-corrected chi connectivity index (χ2v) is 8.69. The summed E-state index contributed by atoms with van der Waals surface area (Å²) in [5, 5.41) is 10.5. The SMILES string of the molecule is C/C(=N/NS(=O)(=O)c1cc(Cl)ccc1Cl)c1ccc(NC(=O)c2cc(C)on2)cc1. The van der Waals surface area contributed by atoms with Crippen LogP contribution in [0, 0.1) is 6.92 Å². The molecule has 156 valence electrons. The molecule has 0 aliphatic carbocycles. The highest BCUT2D eigenvalue weighted by Crippen LogP contribution is 2.24. The molecule has 1 heterocycles. The fourth-order valence-electron chi connectivity index (χ4n) is 2.39. The molecular formula is C19H16Cl2N4O4S. The molecule has 2 N–H and O–H groups in total. The molecule has 0 aliphatic heterocycles. The number of nitrogens with zero attached hydrogens (tertiary/aromatic N) is 2. The summed E-state index contributed by atoms with van der Waals surface area (Å²) in [6, 6.07) is 12.3. The molecule has 0 saturated carbocycles. The number of sulfonamides is 1. The molecule has 3 rings (SSSR count). The van der Waals surface area contributed by atoms with Crippen LogP contribution in [0.4, 0.5) is 5.69 Å². The standard InChI is InChI=1S/C19H16Cl2N4O4S/c1-11-9-17(24-29-11)19(26)22-15-6-3-13(4-7-15)12(2)23-25-30(27,28)18-10-14(20)5-8-16(18)21/h3-10,25H,1-2H3,(H,22,26)/b23-12-. The Bertz CT molecular complexity index is 1220. The number of anilines is 1. The van der Waals surface area contributed by atoms with Crippen molar-refractivity contribution in [1.82, 2.24) is 9.99 Å². The number of hydrogen-bond donors (Lipinski definition) is 2. The summed E-state index contributed by atoms with van der Waals surface area (Å²) >= 11 is 11.8. The van der Waals surface area contributed by atoms with Crippen LogP contribution >= 0.6 is 23.2 Å². The van der Waals surface area contributed by atoms with Gasteiger partial charge in [0.25, 0.3) is 15.9 Å². The number of rotatable bonds is 6. The first kappa shape index (κ1) is 21.8. The smallest absolute Gasteiger partial charge is 0.278 e. The van der Waals surface area contributed by atoms with E-state index in [0.29, 0.717) is 22.7 Å². The van der Waals surface area contributed by atoms with E-state index in [0.717, 1.165) is 0 Å². The summed E-state index contributed by atoms with van der Waals surface area (Å²) in [5.41, 5.74) is 1.75. The normalized spacial score (nSPS) is 11.9. The van der Waals surface area contributed by atoms with Gasteiger partial charge in [-0.2, -0.15) is 18.4 Å². The topological polar surface area (TPSA) is 114 Å². The van der Waals surface area contributed by atoms with Crippen molar-refractivity contribution in [3.8, 4) is 0 Å². The second kappa shape index (κ2) is 8.86. The number of benzene rings is 2. The van der Waals surface area contributed by atoms with Crippen molar-refractivity contribution in [3.05, 3.63) is 75.6 Å². The fraction of sp³-hybridized carbons (Fsp3) is 0.105. The van der Waals surface area contributed by atoms with Crippen molar-refractivity contribution < 1.29 is 17.7 Å². The zero-order chi connectivity index (χ0) is 21.9. The van der Waals surface area contributed by atoms with Crippen LogP contribution in [0.2, 0.25) is 10.0 Å². The molecular weight excluding hydrogens is 451 g/mol. The number of amides is 1. The minimum atomic E-state index is -4.00. The molecule has 8 nitrogen and oxygen atoms in total. The summed E-state index contributed by atoms with van der Waals surface area (Å²) in [4.78, 5) is 14.1. The van der Waals surface area contributed by atoms with E-state index < -0.39 is 15.9 Å². The molecule has 30 heavy (non-hydrogen) atoms. The van der Waals surface area contributed by atoms with Crippen molar-refractivity contribution in [1.29, 1.82) is 0 Å². The van der Waals surface area contributed by atoms with Crippen molar-refractivity contribution >= 4 is 50.5 Å². The van der Waals surface area contributed by atoms with Crippen LogP contribution in [0.5, 0.6) is 0 Å². The Balaban J connectivity index is 1.70. The summed E-state index contributed by atoms with van der Waals surface area (Å²) < 4.78 is 29.7. The van der Waals surface area contributed by atoms with Crippen LogP contribution in [-0.4, -0.2) is 25.2 Å². The Kier molecular flexibility index (Phi) is 6.45. The number of hydrogen-bond acceptors (Lipinski definition) is 6. The largest absolute Gasteiger partial charge is 0.361 e. The van der Waals surface area contributed by atoms with Crippen LogP contribution in [-0.2, 0) is 10.0 Å². The van der Waals surface area contributed by atoms with Gasteiger partial charge in [-0.25, -0.2) is 0 Å². The number of hydrazone groups is 1. The van der Waals surface area contributed by atoms with Gasteiger partial charge in [-0.1, -0.05) is 40.5 Å². The number of carbonyl (C=O) groups excluding carboxylic acids is 1. The molecule has 1 aromatic heterocycles. The van der Waals surface area contributed by atoms with Gasteiger partial charge in [-0.05, 0) is 49.7 Å². The quantitative estimate of drug-likeness (QED) is 0.416. The first-order valence-electron chi connectivity index (χ1n) is 8.52. The summed E-state index contributed by atoms with van der Waals surface area (Å²) in [6.45, 7) is 3.32. The van der Waals surface area contributed by atoms with Crippen LogP contribution in [0.1, 0.15) is 28.7 Å². The van der Waals surface area contributed by atoms with Crippen molar-refractivity contribution in [2.24, 2.45) is 5.10 Å². The highest BCUT2D eigenvalue weighted by molar-refractivity contribution is 7.89. The van der Waals surface area contributed by atoms with E-state index in [1.165, 1.54) is 24.3 Å². The minimum absolute atomic E-state index is 0.0298. The Morgan fingerprint density at radius 2 is 1.80 bits per heavy atom. The Morgan fingerprint density at radius 3 is 2.43 bits per heavy atom. The van der Waals surface area contributed by atoms with Gasteiger partial charge in [0.2, 0.25) is 0 Å². The maximum atomic E-state index is 12.4. The van der Waals surface area contributed by atoms with Crippen LogP contribution in [0.25, 0.3) is 0 Å². The van der Waals surface area contributed by atoms with E-state index in [4.69, 9.17) is 27.7 Å². The van der Waals surface area contributed by atoms with Gasteiger partial charge in [0, 0.05) is 16.8 Å². The summed E-state index contributed by atoms with van der Waals surface area (Å²) in [6.07, 6.45) is 0. The predicted molar refractivity (Wildman–Crippen MR) is 115 cm³/mol. The second-order valence-electron chi connectivity index (χ2n) is 6.22. The molecule has 2 aromatic carbocycles. The fourth-order valence-corrected chi connectivity index (χ4v) is 4.01. The molecule has 0 bridgehead atoms. The van der Waals surface area contributed by atoms with E-state index in [9.17, 15) is 13.2 Å². The van der Waals surface area contributed by atoms with Gasteiger partial charge in [-0.3, -0.25) is 4.79 Å². The van der Waals surface area contributed by atoms with Crippen LogP contribution < -0.4 is 10.1 Å². The van der Waals surface area contributed by atoms with Crippen molar-refractivity contribution in [2.75, 3.05) is 5.32 Å². The third-order valence-corrected chi connectivity index (χ3v) is 5.86. The number of aryl methyl sites for hydroxylation is 1. The number of aromatic nitrogens is 1. The summed E-state index contributed by atoms with van der Waals surface area (Å²) in [7, 11) is -4.00. The van der Waals surface area contributed by atoms with E-state index >= 15 is 0 Å². The molecule has 0 unspecified atom stereocenters. The lowest BCUT2D eigenvalue weighted by Gasteiger charge is -2.08. The molecule has 0 saturated heterocycles. The first-order chi connectivity index (χ1) is 14.2. The monoisotopic (exact) mass is 466 g/mol. The Labute approximate surface area is 182 Å². The highest BCUT2D eigenvalue weighted by Gasteiger charge is 2.18. The molecule has 0 aliphatic rings. The van der Waals surface area contributed by atoms with Crippen LogP contribution in [0.15, 0.2) is 63.1 Å². The molecule has 1 amide bonds. The third-order valence-electron chi connectivity index (χ3n) is 3.94. The predicted octanol–water partition coefficient (Wildman–Crippen LogP) is 4.24. The van der Waals surface area contributed by atoms with Crippen molar-refractivity contribution in [2.45, 2.75) is 18.7 Å². The minimum Gasteiger partial charge on any atom is -0.361 e. The molecule has 3 aromatic rings. The Hall–Kier alpha value is -2.88. The van der Waals surface area contributed by atoms with E-state index in [1.54, 1.807) is 38.1 Å². The molecule has 11 heteroatoms. The van der Waals surface area contributed by atoms with E-state index in [1.807, 2.05) is 0 Å².